The summed E-state index contributed by atoms with van der Waals surface area (Å²) in [5.74, 6) is -0.0548. The summed E-state index contributed by atoms with van der Waals surface area (Å²) in [6.45, 7) is 5.14. The van der Waals surface area contributed by atoms with Crippen LogP contribution in [0.2, 0.25) is 0 Å². The molecule has 1 aliphatic rings. The van der Waals surface area contributed by atoms with E-state index in [1.807, 2.05) is 0 Å². The maximum atomic E-state index is 12.6. The van der Waals surface area contributed by atoms with Crippen molar-refractivity contribution in [1.29, 1.82) is 0 Å². The van der Waals surface area contributed by atoms with Crippen LogP contribution in [0.1, 0.15) is 16.7 Å². The number of sulfonamides is 1. The van der Waals surface area contributed by atoms with E-state index in [4.69, 9.17) is 5.11 Å². The number of aryl methyl sites for hydroxylation is 2. The van der Waals surface area contributed by atoms with Gasteiger partial charge in [0, 0.05) is 36.7 Å². The number of benzene rings is 1. The first-order chi connectivity index (χ1) is 9.70. The zero-order valence-corrected chi connectivity index (χ0v) is 13.0. The highest BCUT2D eigenvalue weighted by atomic mass is 32.2. The van der Waals surface area contributed by atoms with Crippen molar-refractivity contribution in [1.82, 2.24) is 4.31 Å². The second-order valence-electron chi connectivity index (χ2n) is 5.44. The molecule has 0 amide bonds. The first-order valence-corrected chi connectivity index (χ1v) is 8.00. The summed E-state index contributed by atoms with van der Waals surface area (Å²) in [5, 5.41) is 20.1. The van der Waals surface area contributed by atoms with Gasteiger partial charge >= 0.3 is 0 Å². The average molecular weight is 314 g/mol. The fourth-order valence-corrected chi connectivity index (χ4v) is 4.82. The van der Waals surface area contributed by atoms with E-state index in [9.17, 15) is 18.5 Å². The van der Waals surface area contributed by atoms with Gasteiger partial charge in [0.25, 0.3) is 5.69 Å². The Morgan fingerprint density at radius 3 is 2.38 bits per heavy atom. The van der Waals surface area contributed by atoms with Gasteiger partial charge in [0.05, 0.1) is 9.82 Å². The number of rotatable bonds is 4. The molecule has 1 aromatic rings. The van der Waals surface area contributed by atoms with E-state index in [0.717, 1.165) is 0 Å². The highest BCUT2D eigenvalue weighted by Gasteiger charge is 2.39. The number of nitro groups is 1. The van der Waals surface area contributed by atoms with Crippen LogP contribution in [0.25, 0.3) is 0 Å². The zero-order valence-electron chi connectivity index (χ0n) is 12.2. The summed E-state index contributed by atoms with van der Waals surface area (Å²) in [5.41, 5.74) is 0.970. The lowest BCUT2D eigenvalue weighted by Crippen LogP contribution is -2.51. The first kappa shape index (κ1) is 15.9. The second kappa shape index (κ2) is 5.36. The van der Waals surface area contributed by atoms with Crippen molar-refractivity contribution in [2.24, 2.45) is 5.92 Å². The second-order valence-corrected chi connectivity index (χ2v) is 7.32. The highest BCUT2D eigenvalue weighted by molar-refractivity contribution is 7.89. The number of hydrogen-bond donors (Lipinski definition) is 1. The van der Waals surface area contributed by atoms with Crippen molar-refractivity contribution in [3.05, 3.63) is 32.9 Å². The fourth-order valence-electron chi connectivity index (χ4n) is 2.80. The molecule has 1 heterocycles. The summed E-state index contributed by atoms with van der Waals surface area (Å²) in [6.07, 6.45) is 0. The predicted molar refractivity (Wildman–Crippen MR) is 76.6 cm³/mol. The van der Waals surface area contributed by atoms with Crippen LogP contribution in [-0.2, 0) is 10.0 Å². The minimum atomic E-state index is -3.76. The van der Waals surface area contributed by atoms with Gasteiger partial charge < -0.3 is 5.11 Å². The maximum Gasteiger partial charge on any atom is 0.276 e. The van der Waals surface area contributed by atoms with Gasteiger partial charge in [-0.2, -0.15) is 4.31 Å². The van der Waals surface area contributed by atoms with Gasteiger partial charge in [-0.1, -0.05) is 0 Å². The SMILES string of the molecule is Cc1cc(C)c(S(=O)(=O)N2CC(CO)C2)c(C)c1[N+](=O)[O-]. The molecule has 0 aliphatic carbocycles. The molecular formula is C13H18N2O5S. The summed E-state index contributed by atoms with van der Waals surface area (Å²) >= 11 is 0. The smallest absolute Gasteiger partial charge is 0.276 e. The van der Waals surface area contributed by atoms with Gasteiger partial charge in [0.1, 0.15) is 0 Å². The molecular weight excluding hydrogens is 296 g/mol. The van der Waals surface area contributed by atoms with Crippen molar-refractivity contribution in [3.8, 4) is 0 Å². The standard InChI is InChI=1S/C13H18N2O5S/c1-8-4-9(2)13(10(3)12(8)15(17)18)21(19,20)14-5-11(6-14)7-16/h4,11,16H,5-7H2,1-3H3. The van der Waals surface area contributed by atoms with Crippen LogP contribution in [-0.4, -0.2) is 42.4 Å². The van der Waals surface area contributed by atoms with Gasteiger partial charge in [-0.25, -0.2) is 8.42 Å². The van der Waals surface area contributed by atoms with E-state index in [1.165, 1.54) is 17.3 Å². The van der Waals surface area contributed by atoms with Gasteiger partial charge in [-0.15, -0.1) is 0 Å². The van der Waals surface area contributed by atoms with E-state index < -0.39 is 14.9 Å². The van der Waals surface area contributed by atoms with Gasteiger partial charge in [-0.3, -0.25) is 10.1 Å². The molecule has 1 aromatic carbocycles. The molecule has 116 valence electrons. The van der Waals surface area contributed by atoms with E-state index in [2.05, 4.69) is 0 Å². The molecule has 7 nitrogen and oxygen atoms in total. The Kier molecular flexibility index (Phi) is 4.05. The molecule has 0 aromatic heterocycles. The quantitative estimate of drug-likeness (QED) is 0.663. The van der Waals surface area contributed by atoms with Gasteiger partial charge in [-0.05, 0) is 32.4 Å². The van der Waals surface area contributed by atoms with Crippen LogP contribution >= 0.6 is 0 Å². The third-order valence-corrected chi connectivity index (χ3v) is 5.94. The predicted octanol–water partition coefficient (Wildman–Crippen LogP) is 1.13. The maximum absolute atomic E-state index is 12.6. The topological polar surface area (TPSA) is 101 Å². The first-order valence-electron chi connectivity index (χ1n) is 6.56. The molecule has 1 fully saturated rings. The largest absolute Gasteiger partial charge is 0.396 e. The molecule has 0 bridgehead atoms. The van der Waals surface area contributed by atoms with Crippen LogP contribution in [0.3, 0.4) is 0 Å². The Balaban J connectivity index is 2.54. The molecule has 0 radical (unpaired) electrons. The highest BCUT2D eigenvalue weighted by Crippen LogP contribution is 2.35. The van der Waals surface area contributed by atoms with Crippen molar-refractivity contribution < 1.29 is 18.4 Å². The minimum Gasteiger partial charge on any atom is -0.396 e. The molecule has 0 saturated carbocycles. The molecule has 0 spiro atoms. The number of nitro benzene ring substituents is 1. The van der Waals surface area contributed by atoms with Crippen molar-refractivity contribution >= 4 is 15.7 Å². The van der Waals surface area contributed by atoms with Crippen LogP contribution in [0.5, 0.6) is 0 Å². The number of aliphatic hydroxyl groups excluding tert-OH is 1. The summed E-state index contributed by atoms with van der Waals surface area (Å²) in [6, 6.07) is 1.53. The number of nitrogens with zero attached hydrogens (tertiary/aromatic N) is 2. The zero-order chi connectivity index (χ0) is 15.9. The third kappa shape index (κ3) is 2.54. The fraction of sp³-hybridized carbons (Fsp3) is 0.538. The third-order valence-electron chi connectivity index (χ3n) is 3.82. The molecule has 1 N–H and O–H groups in total. The summed E-state index contributed by atoms with van der Waals surface area (Å²) in [4.78, 5) is 10.6. The summed E-state index contributed by atoms with van der Waals surface area (Å²) in [7, 11) is -3.76. The molecule has 8 heteroatoms. The monoisotopic (exact) mass is 314 g/mol. The average Bonchev–Trinajstić information content (AvgIpc) is 2.24. The Morgan fingerprint density at radius 1 is 1.33 bits per heavy atom. The molecule has 1 saturated heterocycles. The lowest BCUT2D eigenvalue weighted by molar-refractivity contribution is -0.386. The lowest BCUT2D eigenvalue weighted by atomic mass is 10.1. The Hall–Kier alpha value is -1.51. The van der Waals surface area contributed by atoms with Crippen LogP contribution in [0.15, 0.2) is 11.0 Å². The molecule has 0 unspecified atom stereocenters. The van der Waals surface area contributed by atoms with E-state index in [1.54, 1.807) is 13.8 Å². The lowest BCUT2D eigenvalue weighted by Gasteiger charge is -2.37. The van der Waals surface area contributed by atoms with Crippen LogP contribution in [0, 0.1) is 36.8 Å². The van der Waals surface area contributed by atoms with Crippen molar-refractivity contribution in [3.63, 3.8) is 0 Å². The number of aliphatic hydroxyl groups is 1. The minimum absolute atomic E-state index is 0.0104. The Morgan fingerprint density at radius 2 is 1.90 bits per heavy atom. The molecule has 21 heavy (non-hydrogen) atoms. The normalized spacial score (nSPS) is 16.8. The van der Waals surface area contributed by atoms with Gasteiger partial charge in [0.2, 0.25) is 10.0 Å². The van der Waals surface area contributed by atoms with E-state index >= 15 is 0 Å². The Bertz CT molecular complexity index is 693. The number of hydrogen-bond acceptors (Lipinski definition) is 5. The Labute approximate surface area is 123 Å². The summed E-state index contributed by atoms with van der Waals surface area (Å²) < 4.78 is 26.5. The van der Waals surface area contributed by atoms with Crippen molar-refractivity contribution in [2.75, 3.05) is 19.7 Å². The molecule has 1 aliphatic heterocycles. The van der Waals surface area contributed by atoms with Gasteiger partial charge in [0.15, 0.2) is 0 Å². The van der Waals surface area contributed by atoms with Crippen LogP contribution in [0.4, 0.5) is 5.69 Å². The molecule has 0 atom stereocenters. The van der Waals surface area contributed by atoms with Crippen molar-refractivity contribution in [2.45, 2.75) is 25.7 Å². The van der Waals surface area contributed by atoms with E-state index in [-0.39, 0.29) is 41.8 Å². The van der Waals surface area contributed by atoms with Crippen LogP contribution < -0.4 is 0 Å². The van der Waals surface area contributed by atoms with E-state index in [0.29, 0.717) is 11.1 Å². The molecule has 2 rings (SSSR count).